The van der Waals surface area contributed by atoms with Gasteiger partial charge in [-0.2, -0.15) is 0 Å². The summed E-state index contributed by atoms with van der Waals surface area (Å²) < 4.78 is 39.2. The van der Waals surface area contributed by atoms with Gasteiger partial charge in [0.2, 0.25) is 0 Å². The molecule has 0 spiro atoms. The van der Waals surface area contributed by atoms with Gasteiger partial charge >= 0.3 is 0 Å². The summed E-state index contributed by atoms with van der Waals surface area (Å²) in [4.78, 5) is 4.32. The zero-order chi connectivity index (χ0) is 15.8. The second-order valence-corrected chi connectivity index (χ2v) is 7.01. The third-order valence-corrected chi connectivity index (χ3v) is 4.99. The van der Waals surface area contributed by atoms with E-state index in [1.807, 2.05) is 0 Å². The summed E-state index contributed by atoms with van der Waals surface area (Å²) in [5, 5.41) is 2.31. The Morgan fingerprint density at radius 2 is 1.87 bits per heavy atom. The molecule has 2 aliphatic carbocycles. The van der Waals surface area contributed by atoms with Crippen LogP contribution in [0, 0.1) is 17.6 Å². The van der Waals surface area contributed by atoms with E-state index in [0.717, 1.165) is 25.7 Å². The van der Waals surface area contributed by atoms with Crippen molar-refractivity contribution in [1.82, 2.24) is 4.98 Å². The molecule has 0 atom stereocenters. The van der Waals surface area contributed by atoms with Crippen molar-refractivity contribution in [3.8, 4) is 22.2 Å². The molecule has 2 aliphatic rings. The first-order valence-corrected chi connectivity index (χ1v) is 8.81. The summed E-state index contributed by atoms with van der Waals surface area (Å²) in [6, 6.07) is 2.54. The Hall–Kier alpha value is -1.69. The quantitative estimate of drug-likeness (QED) is 0.758. The fourth-order valence-electron chi connectivity index (χ4n) is 2.41. The first kappa shape index (κ1) is 14.9. The molecule has 2 aromatic rings. The van der Waals surface area contributed by atoms with E-state index in [1.54, 1.807) is 5.38 Å². The molecule has 6 heteroatoms. The van der Waals surface area contributed by atoms with Gasteiger partial charge in [-0.1, -0.05) is 11.3 Å². The average Bonchev–Trinajstić information content (AvgIpc) is 3.18. The number of thiazole rings is 1. The van der Waals surface area contributed by atoms with Gasteiger partial charge in [0.05, 0.1) is 12.3 Å². The second kappa shape index (κ2) is 6.07. The SMILES string of the molecule is Fc1cc(-c2csc(OC3CCC3)n2)cc(F)c1OCC1CC1. The van der Waals surface area contributed by atoms with E-state index in [-0.39, 0.29) is 11.9 Å². The van der Waals surface area contributed by atoms with Crippen LogP contribution in [0.25, 0.3) is 11.3 Å². The van der Waals surface area contributed by atoms with E-state index < -0.39 is 11.6 Å². The standard InChI is InChI=1S/C17H17F2NO2S/c18-13-6-11(7-14(19)16(13)21-8-10-4-5-10)15-9-23-17(20-15)22-12-2-1-3-12/h6-7,9-10,12H,1-5,8H2. The maximum Gasteiger partial charge on any atom is 0.273 e. The molecule has 0 radical (unpaired) electrons. The van der Waals surface area contributed by atoms with Crippen LogP contribution in [0.15, 0.2) is 17.5 Å². The monoisotopic (exact) mass is 337 g/mol. The van der Waals surface area contributed by atoms with Crippen LogP contribution in [-0.4, -0.2) is 17.7 Å². The van der Waals surface area contributed by atoms with Gasteiger partial charge < -0.3 is 9.47 Å². The van der Waals surface area contributed by atoms with Gasteiger partial charge in [0.25, 0.3) is 5.19 Å². The van der Waals surface area contributed by atoms with Gasteiger partial charge in [0.1, 0.15) is 6.10 Å². The lowest BCUT2D eigenvalue weighted by Gasteiger charge is -2.24. The molecule has 1 heterocycles. The van der Waals surface area contributed by atoms with Gasteiger partial charge in [0.15, 0.2) is 17.4 Å². The van der Waals surface area contributed by atoms with Gasteiger partial charge in [-0.3, -0.25) is 0 Å². The van der Waals surface area contributed by atoms with E-state index in [9.17, 15) is 8.78 Å². The van der Waals surface area contributed by atoms with Crippen molar-refractivity contribution in [2.45, 2.75) is 38.2 Å². The van der Waals surface area contributed by atoms with E-state index in [0.29, 0.717) is 29.0 Å². The zero-order valence-corrected chi connectivity index (χ0v) is 13.4. The second-order valence-electron chi connectivity index (χ2n) is 6.19. The number of nitrogens with zero attached hydrogens (tertiary/aromatic N) is 1. The highest BCUT2D eigenvalue weighted by molar-refractivity contribution is 7.11. The molecule has 122 valence electrons. The summed E-state index contributed by atoms with van der Waals surface area (Å²) in [5.41, 5.74) is 0.925. The first-order chi connectivity index (χ1) is 11.2. The summed E-state index contributed by atoms with van der Waals surface area (Å²) in [6.45, 7) is 0.378. The highest BCUT2D eigenvalue weighted by Gasteiger charge is 2.24. The molecule has 0 bridgehead atoms. The van der Waals surface area contributed by atoms with Crippen LogP contribution < -0.4 is 9.47 Å². The highest BCUT2D eigenvalue weighted by Crippen LogP contribution is 2.35. The number of benzene rings is 1. The number of rotatable bonds is 6. The Morgan fingerprint density at radius 3 is 2.48 bits per heavy atom. The van der Waals surface area contributed by atoms with Crippen molar-refractivity contribution in [1.29, 1.82) is 0 Å². The third kappa shape index (κ3) is 3.32. The smallest absolute Gasteiger partial charge is 0.273 e. The van der Waals surface area contributed by atoms with Gasteiger partial charge in [-0.05, 0) is 50.2 Å². The Balaban J connectivity index is 1.51. The lowest BCUT2D eigenvalue weighted by molar-refractivity contribution is 0.120. The van der Waals surface area contributed by atoms with Crippen molar-refractivity contribution in [3.05, 3.63) is 29.1 Å². The fourth-order valence-corrected chi connectivity index (χ4v) is 3.15. The molecule has 0 N–H and O–H groups in total. The molecule has 23 heavy (non-hydrogen) atoms. The molecular weight excluding hydrogens is 320 g/mol. The first-order valence-electron chi connectivity index (χ1n) is 7.93. The van der Waals surface area contributed by atoms with Crippen LogP contribution in [-0.2, 0) is 0 Å². The van der Waals surface area contributed by atoms with Crippen molar-refractivity contribution >= 4 is 11.3 Å². The molecule has 3 nitrogen and oxygen atoms in total. The average molecular weight is 337 g/mol. The Bertz CT molecular complexity index is 687. The van der Waals surface area contributed by atoms with Gasteiger partial charge in [-0.15, -0.1) is 0 Å². The van der Waals surface area contributed by atoms with E-state index in [1.165, 1.54) is 29.9 Å². The maximum absolute atomic E-state index is 14.1. The molecule has 2 fully saturated rings. The minimum absolute atomic E-state index is 0.237. The van der Waals surface area contributed by atoms with E-state index >= 15 is 0 Å². The molecule has 2 saturated carbocycles. The molecule has 4 rings (SSSR count). The predicted octanol–water partition coefficient (Wildman–Crippen LogP) is 4.81. The van der Waals surface area contributed by atoms with Crippen LogP contribution in [0.5, 0.6) is 10.9 Å². The molecular formula is C17H17F2NO2S. The van der Waals surface area contributed by atoms with Crippen LogP contribution in [0.4, 0.5) is 8.78 Å². The topological polar surface area (TPSA) is 31.4 Å². The molecule has 0 amide bonds. The Morgan fingerprint density at radius 1 is 1.13 bits per heavy atom. The highest BCUT2D eigenvalue weighted by atomic mass is 32.1. The van der Waals surface area contributed by atoms with Crippen LogP contribution in [0.2, 0.25) is 0 Å². The normalized spacial score (nSPS) is 17.8. The van der Waals surface area contributed by atoms with Gasteiger partial charge in [-0.25, -0.2) is 13.8 Å². The van der Waals surface area contributed by atoms with Gasteiger partial charge in [0, 0.05) is 10.9 Å². The largest absolute Gasteiger partial charge is 0.487 e. The minimum atomic E-state index is -0.685. The zero-order valence-electron chi connectivity index (χ0n) is 12.6. The van der Waals surface area contributed by atoms with Crippen LogP contribution in [0.1, 0.15) is 32.1 Å². The molecule has 0 unspecified atom stereocenters. The number of halogens is 2. The summed E-state index contributed by atoms with van der Waals surface area (Å²) >= 11 is 1.35. The summed E-state index contributed by atoms with van der Waals surface area (Å²) in [6.07, 6.45) is 5.66. The summed E-state index contributed by atoms with van der Waals surface area (Å²) in [5.74, 6) is -1.22. The lowest BCUT2D eigenvalue weighted by atomic mass is 9.96. The van der Waals surface area contributed by atoms with Crippen molar-refractivity contribution < 1.29 is 18.3 Å². The van der Waals surface area contributed by atoms with Crippen LogP contribution in [0.3, 0.4) is 0 Å². The van der Waals surface area contributed by atoms with Crippen molar-refractivity contribution in [3.63, 3.8) is 0 Å². The van der Waals surface area contributed by atoms with E-state index in [4.69, 9.17) is 9.47 Å². The maximum atomic E-state index is 14.1. The van der Waals surface area contributed by atoms with E-state index in [2.05, 4.69) is 4.98 Å². The number of aromatic nitrogens is 1. The Labute approximate surface area is 137 Å². The molecule has 0 aliphatic heterocycles. The van der Waals surface area contributed by atoms with Crippen molar-refractivity contribution in [2.75, 3.05) is 6.61 Å². The number of hydrogen-bond acceptors (Lipinski definition) is 4. The molecule has 0 saturated heterocycles. The van der Waals surface area contributed by atoms with Crippen molar-refractivity contribution in [2.24, 2.45) is 5.92 Å². The third-order valence-electron chi connectivity index (χ3n) is 4.26. The number of hydrogen-bond donors (Lipinski definition) is 0. The molecule has 1 aromatic heterocycles. The van der Waals surface area contributed by atoms with Crippen LogP contribution >= 0.6 is 11.3 Å². The predicted molar refractivity (Wildman–Crippen MR) is 84.0 cm³/mol. The number of ether oxygens (including phenoxy) is 2. The lowest BCUT2D eigenvalue weighted by Crippen LogP contribution is -2.24. The summed E-state index contributed by atoms with van der Waals surface area (Å²) in [7, 11) is 0. The Kier molecular flexibility index (Phi) is 3.93. The minimum Gasteiger partial charge on any atom is -0.487 e. The molecule has 1 aromatic carbocycles. The fraction of sp³-hybridized carbons (Fsp3) is 0.471.